The number of carbonyl (C=O) groups is 1. The van der Waals surface area contributed by atoms with Gasteiger partial charge in [0.15, 0.2) is 11.0 Å². The third kappa shape index (κ3) is 2.58. The maximum atomic E-state index is 14.4. The molecule has 2 aromatic rings. The van der Waals surface area contributed by atoms with Crippen LogP contribution >= 0.6 is 11.8 Å². The largest absolute Gasteiger partial charge is 0.396 e. The molecule has 0 bridgehead atoms. The molecule has 25 heavy (non-hydrogen) atoms. The lowest BCUT2D eigenvalue weighted by atomic mass is 10.1. The van der Waals surface area contributed by atoms with E-state index < -0.39 is 23.2 Å². The molecule has 6 nitrogen and oxygen atoms in total. The molecular formula is C16H15F2N5OS. The predicted molar refractivity (Wildman–Crippen MR) is 91.8 cm³/mol. The molecule has 1 aromatic heterocycles. The van der Waals surface area contributed by atoms with E-state index in [1.165, 1.54) is 18.0 Å². The summed E-state index contributed by atoms with van der Waals surface area (Å²) in [6, 6.07) is 2.40. The Morgan fingerprint density at radius 2 is 2.08 bits per heavy atom. The van der Waals surface area contributed by atoms with Crippen molar-refractivity contribution in [3.05, 3.63) is 35.5 Å². The van der Waals surface area contributed by atoms with Gasteiger partial charge in [0.2, 0.25) is 0 Å². The number of carbonyl (C=O) groups excluding carboxylic acids is 1. The molecule has 1 aliphatic carbocycles. The summed E-state index contributed by atoms with van der Waals surface area (Å²) in [4.78, 5) is 24.4. The number of fused-ring (bicyclic) bond motifs is 1. The highest BCUT2D eigenvalue weighted by atomic mass is 32.2. The van der Waals surface area contributed by atoms with Gasteiger partial charge in [-0.2, -0.15) is 0 Å². The third-order valence-corrected chi connectivity index (χ3v) is 4.89. The zero-order valence-corrected chi connectivity index (χ0v) is 14.2. The second-order valence-corrected chi connectivity index (χ2v) is 6.74. The van der Waals surface area contributed by atoms with E-state index in [0.29, 0.717) is 11.0 Å². The van der Waals surface area contributed by atoms with Crippen molar-refractivity contribution in [3.8, 4) is 0 Å². The standard InChI is InChI=1S/C16H15F2N5OS/c1-25-16-20-6-9-14(21-16)22(8-2-3-8)7-23(15(9)24)13-10(17)4-5-11(19)12(13)18/h4-6,8H,2-3,7,19H2,1H3. The van der Waals surface area contributed by atoms with Crippen molar-refractivity contribution in [1.82, 2.24) is 9.97 Å². The molecule has 1 aromatic carbocycles. The first-order valence-electron chi connectivity index (χ1n) is 7.74. The maximum absolute atomic E-state index is 14.4. The first kappa shape index (κ1) is 16.1. The van der Waals surface area contributed by atoms with Gasteiger partial charge >= 0.3 is 0 Å². The van der Waals surface area contributed by atoms with E-state index in [0.717, 1.165) is 29.9 Å². The summed E-state index contributed by atoms with van der Waals surface area (Å²) in [5.74, 6) is -1.79. The Hall–Kier alpha value is -2.42. The van der Waals surface area contributed by atoms with Crippen LogP contribution in [0.1, 0.15) is 23.2 Å². The first-order valence-corrected chi connectivity index (χ1v) is 8.96. The third-order valence-electron chi connectivity index (χ3n) is 4.32. The maximum Gasteiger partial charge on any atom is 0.265 e. The number of thioether (sulfide) groups is 1. The quantitative estimate of drug-likeness (QED) is 0.513. The molecule has 2 heterocycles. The van der Waals surface area contributed by atoms with Crippen molar-refractivity contribution in [1.29, 1.82) is 0 Å². The van der Waals surface area contributed by atoms with Gasteiger partial charge in [-0.15, -0.1) is 0 Å². The minimum atomic E-state index is -0.936. The van der Waals surface area contributed by atoms with E-state index in [-0.39, 0.29) is 24.0 Å². The summed E-state index contributed by atoms with van der Waals surface area (Å²) in [5, 5.41) is 0.548. The molecule has 0 radical (unpaired) electrons. The number of halogens is 2. The second-order valence-electron chi connectivity index (χ2n) is 5.97. The number of aromatic nitrogens is 2. The molecular weight excluding hydrogens is 348 g/mol. The molecule has 0 saturated heterocycles. The van der Waals surface area contributed by atoms with E-state index in [1.54, 1.807) is 0 Å². The monoisotopic (exact) mass is 363 g/mol. The molecule has 1 amide bonds. The fourth-order valence-corrected chi connectivity index (χ4v) is 3.24. The van der Waals surface area contributed by atoms with E-state index in [2.05, 4.69) is 9.97 Å². The molecule has 130 valence electrons. The molecule has 1 aliphatic heterocycles. The normalized spacial score (nSPS) is 17.0. The number of rotatable bonds is 3. The average Bonchev–Trinajstić information content (AvgIpc) is 3.45. The highest BCUT2D eigenvalue weighted by molar-refractivity contribution is 7.98. The predicted octanol–water partition coefficient (Wildman–Crippen LogP) is 2.65. The van der Waals surface area contributed by atoms with Gasteiger partial charge in [0.05, 0.1) is 5.69 Å². The van der Waals surface area contributed by atoms with E-state index in [9.17, 15) is 13.6 Å². The van der Waals surface area contributed by atoms with Crippen molar-refractivity contribution < 1.29 is 13.6 Å². The summed E-state index contributed by atoms with van der Waals surface area (Å²) in [7, 11) is 0. The van der Waals surface area contributed by atoms with Crippen LogP contribution in [-0.4, -0.2) is 34.8 Å². The molecule has 4 rings (SSSR count). The van der Waals surface area contributed by atoms with Crippen molar-refractivity contribution in [2.24, 2.45) is 0 Å². The first-order chi connectivity index (χ1) is 12.0. The summed E-state index contributed by atoms with van der Waals surface area (Å²) < 4.78 is 28.7. The molecule has 0 unspecified atom stereocenters. The number of nitrogen functional groups attached to an aromatic ring is 1. The number of amides is 1. The van der Waals surface area contributed by atoms with E-state index in [4.69, 9.17) is 5.73 Å². The molecule has 1 fully saturated rings. The van der Waals surface area contributed by atoms with Gasteiger partial charge in [-0.1, -0.05) is 11.8 Å². The van der Waals surface area contributed by atoms with Crippen molar-refractivity contribution in [3.63, 3.8) is 0 Å². The summed E-state index contributed by atoms with van der Waals surface area (Å²) in [6.07, 6.45) is 5.15. The highest BCUT2D eigenvalue weighted by Gasteiger charge is 2.41. The Bertz CT molecular complexity index is 874. The van der Waals surface area contributed by atoms with Crippen LogP contribution in [0.3, 0.4) is 0 Å². The molecule has 0 spiro atoms. The lowest BCUT2D eigenvalue weighted by molar-refractivity contribution is 0.0979. The summed E-state index contributed by atoms with van der Waals surface area (Å²) >= 11 is 1.37. The van der Waals surface area contributed by atoms with Crippen LogP contribution in [-0.2, 0) is 0 Å². The molecule has 1 saturated carbocycles. The fourth-order valence-electron chi connectivity index (χ4n) is 2.91. The zero-order chi connectivity index (χ0) is 17.7. The Kier molecular flexibility index (Phi) is 3.75. The minimum Gasteiger partial charge on any atom is -0.396 e. The Balaban J connectivity index is 1.84. The zero-order valence-electron chi connectivity index (χ0n) is 13.4. The van der Waals surface area contributed by atoms with Gasteiger partial charge in [-0.05, 0) is 31.2 Å². The smallest absolute Gasteiger partial charge is 0.265 e. The summed E-state index contributed by atoms with van der Waals surface area (Å²) in [6.45, 7) is 0.0264. The van der Waals surface area contributed by atoms with Crippen LogP contribution < -0.4 is 15.5 Å². The molecule has 0 atom stereocenters. The minimum absolute atomic E-state index is 0.0264. The number of nitrogens with zero attached hydrogens (tertiary/aromatic N) is 4. The molecule has 2 aliphatic rings. The number of anilines is 3. The number of benzene rings is 1. The van der Waals surface area contributed by atoms with Gasteiger partial charge in [0.25, 0.3) is 5.91 Å². The van der Waals surface area contributed by atoms with Gasteiger partial charge < -0.3 is 10.6 Å². The van der Waals surface area contributed by atoms with Crippen LogP contribution in [0, 0.1) is 11.6 Å². The lowest BCUT2D eigenvalue weighted by Gasteiger charge is -2.37. The van der Waals surface area contributed by atoms with Gasteiger partial charge in [-0.3, -0.25) is 9.69 Å². The molecule has 2 N–H and O–H groups in total. The van der Waals surface area contributed by atoms with Gasteiger partial charge in [-0.25, -0.2) is 18.7 Å². The summed E-state index contributed by atoms with van der Waals surface area (Å²) in [5.41, 5.74) is 5.15. The van der Waals surface area contributed by atoms with Crippen molar-refractivity contribution in [2.45, 2.75) is 24.0 Å². The van der Waals surface area contributed by atoms with Gasteiger partial charge in [0.1, 0.15) is 29.6 Å². The van der Waals surface area contributed by atoms with Gasteiger partial charge in [0, 0.05) is 12.2 Å². The topological polar surface area (TPSA) is 75.3 Å². The number of hydrogen-bond acceptors (Lipinski definition) is 6. The van der Waals surface area contributed by atoms with E-state index >= 15 is 0 Å². The highest BCUT2D eigenvalue weighted by Crippen LogP contribution is 2.39. The molecule has 9 heteroatoms. The lowest BCUT2D eigenvalue weighted by Crippen LogP contribution is -2.49. The van der Waals surface area contributed by atoms with E-state index in [1.807, 2.05) is 11.2 Å². The van der Waals surface area contributed by atoms with Crippen LogP contribution in [0.2, 0.25) is 0 Å². The Labute approximate surface area is 147 Å². The van der Waals surface area contributed by atoms with Crippen LogP contribution in [0.4, 0.5) is 26.0 Å². The number of nitrogens with two attached hydrogens (primary N) is 1. The SMILES string of the molecule is CSc1ncc2c(n1)N(C1CC1)CN(c1c(F)ccc(N)c1F)C2=O. The Morgan fingerprint density at radius 3 is 2.76 bits per heavy atom. The Morgan fingerprint density at radius 1 is 1.32 bits per heavy atom. The van der Waals surface area contributed by atoms with Crippen molar-refractivity contribution in [2.75, 3.05) is 28.5 Å². The van der Waals surface area contributed by atoms with Crippen LogP contribution in [0.5, 0.6) is 0 Å². The fraction of sp³-hybridized carbons (Fsp3) is 0.312. The average molecular weight is 363 g/mol. The van der Waals surface area contributed by atoms with Crippen molar-refractivity contribution >= 4 is 34.9 Å². The van der Waals surface area contributed by atoms with Crippen LogP contribution in [0.25, 0.3) is 0 Å². The number of hydrogen-bond donors (Lipinski definition) is 1. The van der Waals surface area contributed by atoms with Crippen LogP contribution in [0.15, 0.2) is 23.5 Å². The second kappa shape index (κ2) is 5.83.